The largest absolute Gasteiger partial charge is 0.458 e. The number of ether oxygens (including phenoxy) is 1. The van der Waals surface area contributed by atoms with Gasteiger partial charge in [-0.15, -0.1) is 0 Å². The smallest absolute Gasteiger partial charge is 0.343 e. The van der Waals surface area contributed by atoms with Gasteiger partial charge in [0.2, 0.25) is 0 Å². The Kier molecular flexibility index (Phi) is 3.30. The van der Waals surface area contributed by atoms with Crippen LogP contribution in [0.25, 0.3) is 22.3 Å². The summed E-state index contributed by atoms with van der Waals surface area (Å²) < 4.78 is 6.65. The molecule has 0 saturated heterocycles. The number of esters is 1. The van der Waals surface area contributed by atoms with Gasteiger partial charge in [0.05, 0.1) is 34.0 Å². The molecule has 0 aliphatic carbocycles. The Labute approximate surface area is 159 Å². The number of aromatic nitrogens is 2. The number of carbonyl (C=O) groups is 1. The number of pyridine rings is 2. The van der Waals surface area contributed by atoms with Gasteiger partial charge in [-0.2, -0.15) is 0 Å². The van der Waals surface area contributed by atoms with Crippen LogP contribution in [0, 0.1) is 0 Å². The Bertz CT molecular complexity index is 1220. The van der Waals surface area contributed by atoms with Crippen LogP contribution >= 0.6 is 11.6 Å². The lowest BCUT2D eigenvalue weighted by atomic mass is 9.86. The maximum absolute atomic E-state index is 13.1. The highest BCUT2D eigenvalue weighted by Gasteiger charge is 2.45. The highest BCUT2D eigenvalue weighted by molar-refractivity contribution is 6.36. The van der Waals surface area contributed by atoms with Crippen molar-refractivity contribution in [2.45, 2.75) is 32.1 Å². The van der Waals surface area contributed by atoms with Crippen LogP contribution in [-0.2, 0) is 28.3 Å². The van der Waals surface area contributed by atoms with E-state index in [9.17, 15) is 14.7 Å². The molecule has 2 aliphatic heterocycles. The molecule has 136 valence electrons. The van der Waals surface area contributed by atoms with Gasteiger partial charge < -0.3 is 14.4 Å². The van der Waals surface area contributed by atoms with Gasteiger partial charge in [0.25, 0.3) is 5.56 Å². The number of carbonyl (C=O) groups excluding carboxylic acids is 1. The standard InChI is InChI=1S/C20H15ClN2O4/c1-2-20(26)13-7-15-17-11(16(21)10-5-3-4-6-14(10)22-17)8-23(15)18(24)12(13)9-27-19(20)25/h3-7,26H,2,8-9H2,1H3/t20-/m0/s1. The topological polar surface area (TPSA) is 81.4 Å². The van der Waals surface area contributed by atoms with E-state index in [-0.39, 0.29) is 18.6 Å². The molecule has 5 rings (SSSR count). The fourth-order valence-electron chi connectivity index (χ4n) is 3.98. The Morgan fingerprint density at radius 1 is 1.30 bits per heavy atom. The molecule has 0 radical (unpaired) electrons. The van der Waals surface area contributed by atoms with Gasteiger partial charge in [0.1, 0.15) is 6.61 Å². The third-order valence-electron chi connectivity index (χ3n) is 5.53. The van der Waals surface area contributed by atoms with Crippen molar-refractivity contribution in [3.05, 3.63) is 62.4 Å². The molecule has 1 aromatic carbocycles. The third kappa shape index (κ3) is 2.02. The van der Waals surface area contributed by atoms with Crippen molar-refractivity contribution in [3.8, 4) is 11.4 Å². The third-order valence-corrected chi connectivity index (χ3v) is 5.96. The second kappa shape index (κ2) is 5.41. The van der Waals surface area contributed by atoms with Gasteiger partial charge in [-0.1, -0.05) is 36.7 Å². The van der Waals surface area contributed by atoms with E-state index in [0.717, 1.165) is 16.5 Å². The number of rotatable bonds is 1. The summed E-state index contributed by atoms with van der Waals surface area (Å²) in [4.78, 5) is 30.0. The molecule has 7 heteroatoms. The average Bonchev–Trinajstić information content (AvgIpc) is 3.05. The van der Waals surface area contributed by atoms with Crippen molar-refractivity contribution in [2.75, 3.05) is 0 Å². The molecule has 3 aromatic rings. The van der Waals surface area contributed by atoms with Crippen LogP contribution in [0.1, 0.15) is 30.0 Å². The quantitative estimate of drug-likeness (QED) is 0.512. The van der Waals surface area contributed by atoms with Crippen LogP contribution in [0.4, 0.5) is 0 Å². The van der Waals surface area contributed by atoms with Crippen LogP contribution in [0.2, 0.25) is 5.02 Å². The van der Waals surface area contributed by atoms with Crippen molar-refractivity contribution in [1.29, 1.82) is 0 Å². The van der Waals surface area contributed by atoms with E-state index < -0.39 is 11.6 Å². The number of nitrogens with zero attached hydrogens (tertiary/aromatic N) is 2. The maximum Gasteiger partial charge on any atom is 0.343 e. The zero-order valence-electron chi connectivity index (χ0n) is 14.5. The summed E-state index contributed by atoms with van der Waals surface area (Å²) in [5.74, 6) is -0.732. The number of para-hydroxylation sites is 1. The summed E-state index contributed by atoms with van der Waals surface area (Å²) in [7, 11) is 0. The lowest BCUT2D eigenvalue weighted by Gasteiger charge is -2.31. The van der Waals surface area contributed by atoms with Crippen molar-refractivity contribution in [2.24, 2.45) is 0 Å². The second-order valence-corrected chi connectivity index (χ2v) is 7.25. The molecule has 1 atom stereocenters. The molecule has 0 saturated carbocycles. The number of aliphatic hydroxyl groups is 1. The molecule has 0 fully saturated rings. The molecule has 1 N–H and O–H groups in total. The van der Waals surface area contributed by atoms with Gasteiger partial charge in [-0.3, -0.25) is 4.79 Å². The van der Waals surface area contributed by atoms with Gasteiger partial charge >= 0.3 is 5.97 Å². The minimum Gasteiger partial charge on any atom is -0.458 e. The molecular weight excluding hydrogens is 368 g/mol. The van der Waals surface area contributed by atoms with E-state index >= 15 is 0 Å². The van der Waals surface area contributed by atoms with Crippen molar-refractivity contribution in [3.63, 3.8) is 0 Å². The van der Waals surface area contributed by atoms with Crippen LogP contribution in [-0.4, -0.2) is 20.6 Å². The molecule has 4 heterocycles. The number of cyclic esters (lactones) is 1. The van der Waals surface area contributed by atoms with E-state index in [2.05, 4.69) is 0 Å². The maximum atomic E-state index is 13.1. The molecule has 0 spiro atoms. The normalized spacial score (nSPS) is 20.2. The van der Waals surface area contributed by atoms with Crippen LogP contribution in [0.3, 0.4) is 0 Å². The predicted octanol–water partition coefficient (Wildman–Crippen LogP) is 2.73. The number of hydrogen-bond acceptors (Lipinski definition) is 5. The summed E-state index contributed by atoms with van der Waals surface area (Å²) in [6.07, 6.45) is 0.112. The number of benzene rings is 1. The lowest BCUT2D eigenvalue weighted by Crippen LogP contribution is -2.44. The summed E-state index contributed by atoms with van der Waals surface area (Å²) in [6, 6.07) is 9.20. The first kappa shape index (κ1) is 16.5. The average molecular weight is 383 g/mol. The highest BCUT2D eigenvalue weighted by atomic mass is 35.5. The second-order valence-electron chi connectivity index (χ2n) is 6.87. The molecule has 2 aliphatic rings. The highest BCUT2D eigenvalue weighted by Crippen LogP contribution is 2.41. The molecule has 0 unspecified atom stereocenters. The van der Waals surface area contributed by atoms with Crippen LogP contribution in [0.5, 0.6) is 0 Å². The zero-order chi connectivity index (χ0) is 18.9. The minimum absolute atomic E-state index is 0.112. The van der Waals surface area contributed by atoms with E-state index in [4.69, 9.17) is 21.3 Å². The molecule has 0 bridgehead atoms. The molecule has 6 nitrogen and oxygen atoms in total. The summed E-state index contributed by atoms with van der Waals surface area (Å²) >= 11 is 6.61. The van der Waals surface area contributed by atoms with E-state index in [1.807, 2.05) is 24.3 Å². The Morgan fingerprint density at radius 2 is 2.07 bits per heavy atom. The van der Waals surface area contributed by atoms with E-state index in [0.29, 0.717) is 34.1 Å². The SMILES string of the molecule is CC[C@@]1(O)C(=O)OCc2c1cc1n(c2=O)Cc2c-1nc1ccccc1c2Cl. The van der Waals surface area contributed by atoms with E-state index in [1.165, 1.54) is 0 Å². The summed E-state index contributed by atoms with van der Waals surface area (Å²) in [5.41, 5.74) is 1.14. The fourth-order valence-corrected chi connectivity index (χ4v) is 4.29. The number of hydrogen-bond donors (Lipinski definition) is 1. The first-order valence-corrected chi connectivity index (χ1v) is 9.07. The molecule has 0 amide bonds. The molecular formula is C20H15ClN2O4. The van der Waals surface area contributed by atoms with Crippen LogP contribution in [0.15, 0.2) is 35.1 Å². The van der Waals surface area contributed by atoms with Crippen molar-refractivity contribution < 1.29 is 14.6 Å². The van der Waals surface area contributed by atoms with Gasteiger partial charge in [0.15, 0.2) is 5.60 Å². The van der Waals surface area contributed by atoms with Crippen LogP contribution < -0.4 is 5.56 Å². The monoisotopic (exact) mass is 382 g/mol. The van der Waals surface area contributed by atoms with E-state index in [1.54, 1.807) is 17.6 Å². The summed E-state index contributed by atoms with van der Waals surface area (Å²) in [6.45, 7) is 1.83. The van der Waals surface area contributed by atoms with Crippen molar-refractivity contribution in [1.82, 2.24) is 9.55 Å². The number of fused-ring (bicyclic) bond motifs is 5. The Hall–Kier alpha value is -2.70. The fraction of sp³-hybridized carbons (Fsp3) is 0.250. The molecule has 27 heavy (non-hydrogen) atoms. The Balaban J connectivity index is 1.84. The minimum atomic E-state index is -1.83. The van der Waals surface area contributed by atoms with Crippen molar-refractivity contribution >= 4 is 28.5 Å². The molecule has 2 aromatic heterocycles. The predicted molar refractivity (Wildman–Crippen MR) is 99.5 cm³/mol. The Morgan fingerprint density at radius 3 is 2.85 bits per heavy atom. The lowest BCUT2D eigenvalue weighted by molar-refractivity contribution is -0.172. The first-order valence-electron chi connectivity index (χ1n) is 8.70. The summed E-state index contributed by atoms with van der Waals surface area (Å²) in [5, 5.41) is 12.3. The zero-order valence-corrected chi connectivity index (χ0v) is 15.2. The number of halogens is 1. The van der Waals surface area contributed by atoms with Gasteiger partial charge in [0, 0.05) is 16.5 Å². The van der Waals surface area contributed by atoms with Gasteiger partial charge in [-0.25, -0.2) is 9.78 Å². The van der Waals surface area contributed by atoms with Gasteiger partial charge in [-0.05, 0) is 18.6 Å². The first-order chi connectivity index (χ1) is 13.0.